The number of carbonyl (C=O) groups is 2. The minimum absolute atomic E-state index is 0.136. The molecule has 2 aromatic carbocycles. The average Bonchev–Trinajstić information content (AvgIpc) is 3.39. The topological polar surface area (TPSA) is 113 Å². The molecule has 1 atom stereocenters. The van der Waals surface area contributed by atoms with Crippen molar-refractivity contribution in [1.29, 1.82) is 0 Å². The molecule has 140 valence electrons. The van der Waals surface area contributed by atoms with Crippen molar-refractivity contribution in [3.8, 4) is 11.4 Å². The van der Waals surface area contributed by atoms with E-state index in [1.54, 1.807) is 6.92 Å². The van der Waals surface area contributed by atoms with Crippen LogP contribution in [0.3, 0.4) is 0 Å². The first-order valence-electron chi connectivity index (χ1n) is 8.66. The van der Waals surface area contributed by atoms with Crippen LogP contribution in [0.2, 0.25) is 0 Å². The second kappa shape index (κ2) is 7.36. The third-order valence-corrected chi connectivity index (χ3v) is 4.29. The molecule has 0 saturated heterocycles. The van der Waals surface area contributed by atoms with Gasteiger partial charge in [-0.3, -0.25) is 20.0 Å². The smallest absolute Gasteiger partial charge is 0.255 e. The highest BCUT2D eigenvalue weighted by atomic mass is 16.3. The molecule has 0 fully saturated rings. The summed E-state index contributed by atoms with van der Waals surface area (Å²) in [5.74, 6) is -0.150. The first kappa shape index (κ1) is 17.5. The van der Waals surface area contributed by atoms with E-state index in [1.807, 2.05) is 42.5 Å². The summed E-state index contributed by atoms with van der Waals surface area (Å²) in [7, 11) is 0. The average molecular weight is 375 g/mol. The van der Waals surface area contributed by atoms with E-state index in [0.717, 1.165) is 16.3 Å². The minimum atomic E-state index is -0.776. The predicted molar refractivity (Wildman–Crippen MR) is 104 cm³/mol. The SMILES string of the molecule is C[C@H](NC(=O)c1ccoc1)C(=O)Nc1n[nH]c(-c2cccc3ccccc23)n1. The van der Waals surface area contributed by atoms with Crippen molar-refractivity contribution in [2.24, 2.45) is 0 Å². The van der Waals surface area contributed by atoms with Gasteiger partial charge in [-0.2, -0.15) is 4.98 Å². The molecule has 3 N–H and O–H groups in total. The van der Waals surface area contributed by atoms with Crippen molar-refractivity contribution in [2.45, 2.75) is 13.0 Å². The zero-order valence-corrected chi connectivity index (χ0v) is 15.0. The van der Waals surface area contributed by atoms with Gasteiger partial charge in [-0.25, -0.2) is 0 Å². The number of nitrogens with zero attached hydrogens (tertiary/aromatic N) is 2. The molecule has 0 aliphatic heterocycles. The quantitative estimate of drug-likeness (QED) is 0.496. The summed E-state index contributed by atoms with van der Waals surface area (Å²) in [5, 5.41) is 14.2. The highest BCUT2D eigenvalue weighted by molar-refractivity contribution is 6.00. The van der Waals surface area contributed by atoms with Gasteiger partial charge in [-0.15, -0.1) is 5.10 Å². The van der Waals surface area contributed by atoms with Gasteiger partial charge in [0.2, 0.25) is 11.9 Å². The maximum absolute atomic E-state index is 12.3. The van der Waals surface area contributed by atoms with Crippen molar-refractivity contribution < 1.29 is 14.0 Å². The molecule has 28 heavy (non-hydrogen) atoms. The number of hydrogen-bond donors (Lipinski definition) is 3. The number of fused-ring (bicyclic) bond motifs is 1. The number of nitrogens with one attached hydrogen (secondary N) is 3. The monoisotopic (exact) mass is 375 g/mol. The number of anilines is 1. The van der Waals surface area contributed by atoms with Crippen LogP contribution in [0.1, 0.15) is 17.3 Å². The Kier molecular flexibility index (Phi) is 4.59. The molecule has 4 rings (SSSR count). The Hall–Kier alpha value is -3.94. The Balaban J connectivity index is 1.47. The minimum Gasteiger partial charge on any atom is -0.472 e. The maximum atomic E-state index is 12.3. The number of rotatable bonds is 5. The molecule has 0 spiro atoms. The molecule has 2 aromatic heterocycles. The van der Waals surface area contributed by atoms with E-state index in [1.165, 1.54) is 18.6 Å². The Bertz CT molecular complexity index is 1130. The first-order valence-corrected chi connectivity index (χ1v) is 8.66. The van der Waals surface area contributed by atoms with Gasteiger partial charge in [0.05, 0.1) is 11.8 Å². The number of carbonyl (C=O) groups excluding carboxylic acids is 2. The van der Waals surface area contributed by atoms with Gasteiger partial charge < -0.3 is 9.73 Å². The second-order valence-electron chi connectivity index (χ2n) is 6.23. The highest BCUT2D eigenvalue weighted by Crippen LogP contribution is 2.26. The lowest BCUT2D eigenvalue weighted by Gasteiger charge is -2.11. The lowest BCUT2D eigenvalue weighted by molar-refractivity contribution is -0.117. The molecule has 4 aromatic rings. The molecule has 0 aliphatic rings. The molecule has 0 unspecified atom stereocenters. The largest absolute Gasteiger partial charge is 0.472 e. The van der Waals surface area contributed by atoms with Gasteiger partial charge in [0.15, 0.2) is 5.82 Å². The van der Waals surface area contributed by atoms with Crippen LogP contribution in [0.5, 0.6) is 0 Å². The molecular formula is C20H17N5O3. The van der Waals surface area contributed by atoms with E-state index in [2.05, 4.69) is 25.8 Å². The van der Waals surface area contributed by atoms with Gasteiger partial charge in [0, 0.05) is 5.56 Å². The summed E-state index contributed by atoms with van der Waals surface area (Å²) < 4.78 is 4.86. The van der Waals surface area contributed by atoms with Crippen molar-refractivity contribution in [3.63, 3.8) is 0 Å². The number of benzene rings is 2. The fraction of sp³-hybridized carbons (Fsp3) is 0.100. The summed E-state index contributed by atoms with van der Waals surface area (Å²) in [6, 6.07) is 14.6. The summed E-state index contributed by atoms with van der Waals surface area (Å²) in [4.78, 5) is 28.7. The lowest BCUT2D eigenvalue weighted by atomic mass is 10.0. The van der Waals surface area contributed by atoms with Crippen LogP contribution < -0.4 is 10.6 Å². The number of furan rings is 1. The van der Waals surface area contributed by atoms with Crippen LogP contribution in [0.15, 0.2) is 65.5 Å². The van der Waals surface area contributed by atoms with Gasteiger partial charge in [-0.1, -0.05) is 42.5 Å². The number of H-pyrrole nitrogens is 1. The molecule has 8 nitrogen and oxygen atoms in total. The Morgan fingerprint density at radius 2 is 1.93 bits per heavy atom. The Morgan fingerprint density at radius 1 is 1.11 bits per heavy atom. The van der Waals surface area contributed by atoms with E-state index in [0.29, 0.717) is 11.4 Å². The van der Waals surface area contributed by atoms with Crippen LogP contribution in [-0.2, 0) is 4.79 Å². The number of hydrogen-bond acceptors (Lipinski definition) is 5. The fourth-order valence-electron chi connectivity index (χ4n) is 2.83. The van der Waals surface area contributed by atoms with E-state index in [4.69, 9.17) is 4.42 Å². The standard InChI is InChI=1S/C20H17N5O3/c1-12(21-19(27)14-9-10-28-11-14)18(26)23-20-22-17(24-25-20)16-8-4-6-13-5-2-3-7-15(13)16/h2-12H,1H3,(H,21,27)(H2,22,23,24,25,26)/t12-/m0/s1. The molecule has 0 bridgehead atoms. The Labute approximate surface area is 160 Å². The van der Waals surface area contributed by atoms with Crippen LogP contribution >= 0.6 is 0 Å². The zero-order chi connectivity index (χ0) is 19.5. The zero-order valence-electron chi connectivity index (χ0n) is 15.0. The number of aromatic amines is 1. The number of aromatic nitrogens is 3. The van der Waals surface area contributed by atoms with E-state index in [-0.39, 0.29) is 5.95 Å². The molecule has 0 radical (unpaired) electrons. The van der Waals surface area contributed by atoms with E-state index < -0.39 is 17.9 Å². The van der Waals surface area contributed by atoms with Crippen molar-refractivity contribution in [1.82, 2.24) is 20.5 Å². The van der Waals surface area contributed by atoms with Crippen LogP contribution in [0.4, 0.5) is 5.95 Å². The van der Waals surface area contributed by atoms with E-state index >= 15 is 0 Å². The van der Waals surface area contributed by atoms with Crippen molar-refractivity contribution in [2.75, 3.05) is 5.32 Å². The summed E-state index contributed by atoms with van der Waals surface area (Å²) in [6.07, 6.45) is 2.70. The van der Waals surface area contributed by atoms with Crippen LogP contribution in [0, 0.1) is 0 Å². The molecule has 2 amide bonds. The predicted octanol–water partition coefficient (Wildman–Crippen LogP) is 2.97. The van der Waals surface area contributed by atoms with Gasteiger partial charge in [0.1, 0.15) is 12.3 Å². The summed E-state index contributed by atoms with van der Waals surface area (Å²) in [5.41, 5.74) is 1.23. The summed E-state index contributed by atoms with van der Waals surface area (Å²) in [6.45, 7) is 1.57. The second-order valence-corrected chi connectivity index (χ2v) is 6.23. The molecule has 2 heterocycles. The summed E-state index contributed by atoms with van der Waals surface area (Å²) >= 11 is 0. The van der Waals surface area contributed by atoms with Crippen molar-refractivity contribution in [3.05, 3.63) is 66.6 Å². The van der Waals surface area contributed by atoms with Gasteiger partial charge >= 0.3 is 0 Å². The van der Waals surface area contributed by atoms with Crippen LogP contribution in [0.25, 0.3) is 22.2 Å². The molecule has 8 heteroatoms. The Morgan fingerprint density at radius 3 is 2.75 bits per heavy atom. The van der Waals surface area contributed by atoms with Crippen molar-refractivity contribution >= 4 is 28.5 Å². The molecule has 0 aliphatic carbocycles. The van der Waals surface area contributed by atoms with Crippen LogP contribution in [-0.4, -0.2) is 33.0 Å². The third-order valence-electron chi connectivity index (χ3n) is 4.29. The van der Waals surface area contributed by atoms with E-state index in [9.17, 15) is 9.59 Å². The van der Waals surface area contributed by atoms with Gasteiger partial charge in [-0.05, 0) is 23.8 Å². The molecule has 0 saturated carbocycles. The molecular weight excluding hydrogens is 358 g/mol. The third kappa shape index (κ3) is 3.48. The normalized spacial score (nSPS) is 11.9. The van der Waals surface area contributed by atoms with Gasteiger partial charge in [0.25, 0.3) is 5.91 Å². The fourth-order valence-corrected chi connectivity index (χ4v) is 2.83. The first-order chi connectivity index (χ1) is 13.6. The number of amides is 2. The maximum Gasteiger partial charge on any atom is 0.255 e. The highest BCUT2D eigenvalue weighted by Gasteiger charge is 2.19. The lowest BCUT2D eigenvalue weighted by Crippen LogP contribution is -2.41.